The molecule has 80 heavy (non-hydrogen) atoms. The Morgan fingerprint density at radius 3 is 2.50 bits per heavy atom. The lowest BCUT2D eigenvalue weighted by molar-refractivity contribution is -0.145. The highest BCUT2D eigenvalue weighted by molar-refractivity contribution is 7.52. The van der Waals surface area contributed by atoms with Crippen LogP contribution >= 0.6 is 30.3 Å². The summed E-state index contributed by atoms with van der Waals surface area (Å²) in [5.74, 6) is -0.175. The van der Waals surface area contributed by atoms with Crippen molar-refractivity contribution in [2.24, 2.45) is 5.73 Å². The van der Waals surface area contributed by atoms with E-state index in [0.29, 0.717) is 58.5 Å². The zero-order valence-electron chi connectivity index (χ0n) is 42.6. The molecule has 5 atom stereocenters. The Hall–Kier alpha value is -7.36. The number of primary amides is 1. The van der Waals surface area contributed by atoms with E-state index in [0.717, 1.165) is 46.9 Å². The van der Waals surface area contributed by atoms with Gasteiger partial charge in [0.25, 0.3) is 11.8 Å². The van der Waals surface area contributed by atoms with Crippen molar-refractivity contribution in [2.75, 3.05) is 13.1 Å². The summed E-state index contributed by atoms with van der Waals surface area (Å²) in [4.78, 5) is 135. The molecule has 0 saturated carbocycles. The van der Waals surface area contributed by atoms with Crippen molar-refractivity contribution in [1.82, 2.24) is 35.6 Å². The summed E-state index contributed by atoms with van der Waals surface area (Å²) in [7, 11) is -5.92. The molecule has 4 aliphatic rings. The van der Waals surface area contributed by atoms with E-state index in [2.05, 4.69) is 32.8 Å². The molecule has 5 aromatic rings. The van der Waals surface area contributed by atoms with Crippen molar-refractivity contribution >= 4 is 87.6 Å². The van der Waals surface area contributed by atoms with E-state index in [9.17, 15) is 70.3 Å². The number of aromatic nitrogens is 1. The molecule has 19 nitrogen and oxygen atoms in total. The first-order valence-corrected chi connectivity index (χ1v) is 29.0. The van der Waals surface area contributed by atoms with Crippen LogP contribution in [-0.4, -0.2) is 114 Å². The van der Waals surface area contributed by atoms with Crippen LogP contribution in [0, 0.1) is 23.5 Å². The molecule has 4 aliphatic heterocycles. The average Bonchev–Trinajstić information content (AvgIpc) is 4.34. The van der Waals surface area contributed by atoms with Gasteiger partial charge in [-0.3, -0.25) is 48.2 Å². The summed E-state index contributed by atoms with van der Waals surface area (Å²) < 4.78 is 69.3. The average molecular weight is 1160 g/mol. The molecule has 6 heterocycles. The van der Waals surface area contributed by atoms with Crippen molar-refractivity contribution in [3.8, 4) is 23.1 Å². The summed E-state index contributed by atoms with van der Waals surface area (Å²) in [6.07, 6.45) is 3.14. The van der Waals surface area contributed by atoms with Gasteiger partial charge in [-0.2, -0.15) is 8.78 Å². The summed E-state index contributed by atoms with van der Waals surface area (Å²) in [6, 6.07) is 7.77. The molecule has 3 saturated heterocycles. The van der Waals surface area contributed by atoms with Gasteiger partial charge >= 0.3 is 13.3 Å². The number of thiophene rings is 1. The molecule has 1 unspecified atom stereocenters. The summed E-state index contributed by atoms with van der Waals surface area (Å²) in [5.41, 5.74) is 2.32. The van der Waals surface area contributed by atoms with E-state index in [1.807, 2.05) is 0 Å². The number of thiazole rings is 1. The van der Waals surface area contributed by atoms with Crippen LogP contribution in [0.5, 0.6) is 0 Å². The fraction of sp³-hybridized carbons (Fsp3) is 0.389. The number of unbranched alkanes of at least 4 members (excludes halogenated alkanes) is 3. The minimum Gasteiger partial charge on any atom is -0.370 e. The Kier molecular flexibility index (Phi) is 17.0. The van der Waals surface area contributed by atoms with Gasteiger partial charge in [0.15, 0.2) is 11.6 Å². The number of nitrogens with two attached hydrogens (primary N) is 1. The summed E-state index contributed by atoms with van der Waals surface area (Å²) in [5, 5.41) is 9.88. The summed E-state index contributed by atoms with van der Waals surface area (Å²) >= 11 is 1.96. The van der Waals surface area contributed by atoms with Crippen LogP contribution < -0.4 is 21.7 Å². The van der Waals surface area contributed by atoms with Gasteiger partial charge in [0.05, 0.1) is 16.6 Å². The quantitative estimate of drug-likeness (QED) is 0.0202. The molecule has 9 rings (SSSR count). The lowest BCUT2D eigenvalue weighted by Gasteiger charge is -2.39. The number of amides is 8. The molecule has 26 heteroatoms. The first-order valence-electron chi connectivity index (χ1n) is 25.7. The third-order valence-electron chi connectivity index (χ3n) is 14.6. The number of carbonyl (C=O) groups excluding carboxylic acids is 8. The van der Waals surface area contributed by atoms with Crippen molar-refractivity contribution in [3.63, 3.8) is 0 Å². The SMILES string of the molecule is NC(=O)CC[C@H](NC(=O)[C@@H]1CC[C@@H]2CCN(C(=O)CCCCCC#Cc3cccc4c3CN(C3CCC(=O)NC3=O)C4=O)C[C@H](NC(=O)c3cc4cc(C(F)(F)P(=O)(O)O)ccc4s3)C(=O)N21)c1nc(-c2ccc(F)c(F)c2)cs1. The maximum Gasteiger partial charge on any atom is 0.399 e. The number of alkyl halides is 2. The number of fused-ring (bicyclic) bond motifs is 3. The number of nitrogens with one attached hydrogen (secondary N) is 3. The first kappa shape index (κ1) is 57.3. The minimum absolute atomic E-state index is 0.000219. The van der Waals surface area contributed by atoms with Crippen LogP contribution in [0.3, 0.4) is 0 Å². The lowest BCUT2D eigenvalue weighted by Crippen LogP contribution is -2.61. The van der Waals surface area contributed by atoms with E-state index < -0.39 is 90.2 Å². The highest BCUT2D eigenvalue weighted by Crippen LogP contribution is 2.59. The van der Waals surface area contributed by atoms with E-state index in [1.165, 1.54) is 32.9 Å². The van der Waals surface area contributed by atoms with Crippen LogP contribution in [0.4, 0.5) is 17.6 Å². The number of imide groups is 1. The highest BCUT2D eigenvalue weighted by Gasteiger charge is 2.51. The minimum atomic E-state index is -5.92. The van der Waals surface area contributed by atoms with Crippen LogP contribution in [-0.2, 0) is 45.5 Å². The third kappa shape index (κ3) is 12.3. The number of carbonyl (C=O) groups is 8. The standard InChI is InChI=1S/C54H53F4N8O11PS2/c55-36-14-11-30(24-37(36)56)40-28-79-51(62-40)38(15-19-45(59)67)60-49(71)42-16-13-33-21-22-64(27-39(53(74)66(33)42)61-50(72)44-25-31-23-32(12-18-43(31)80-44)54(57,58)78(75,76)77)47(69)10-5-3-1-2-4-7-29-8-6-9-34-35(29)26-65(52(34)73)41-17-20-46(68)63-48(41)70/h6,8-9,11-12,14,18,23-25,28,33,38-39,41-42H,1-3,5,10,13,15-17,19-22,26-27H2,(H2,59,67)(H,60,71)(H,61,72)(H,63,68,70)(H2,75,76,77)/t33-,38+,39+,41?,42+/m1/s1. The van der Waals surface area contributed by atoms with E-state index in [4.69, 9.17) is 5.73 Å². The fourth-order valence-electron chi connectivity index (χ4n) is 10.4. The van der Waals surface area contributed by atoms with Crippen LogP contribution in [0.2, 0.25) is 0 Å². The number of hydrogen-bond acceptors (Lipinski definition) is 12. The van der Waals surface area contributed by atoms with Gasteiger partial charge in [0.2, 0.25) is 35.4 Å². The van der Waals surface area contributed by atoms with E-state index >= 15 is 0 Å². The Morgan fingerprint density at radius 2 is 1.75 bits per heavy atom. The fourth-order valence-corrected chi connectivity index (χ4v) is 12.8. The van der Waals surface area contributed by atoms with Crippen LogP contribution in [0.1, 0.15) is 125 Å². The molecule has 0 spiro atoms. The second kappa shape index (κ2) is 23.8. The molecular formula is C54H53F4N8O11PS2. The molecule has 420 valence electrons. The van der Waals surface area contributed by atoms with E-state index in [1.54, 1.807) is 23.6 Å². The normalized spacial score (nSPS) is 19.9. The zero-order valence-corrected chi connectivity index (χ0v) is 45.1. The number of hydrogen-bond donors (Lipinski definition) is 6. The number of piperidine rings is 1. The van der Waals surface area contributed by atoms with Crippen molar-refractivity contribution in [3.05, 3.63) is 110 Å². The predicted molar refractivity (Wildman–Crippen MR) is 283 cm³/mol. The molecule has 3 fully saturated rings. The van der Waals surface area contributed by atoms with E-state index in [-0.39, 0.29) is 104 Å². The van der Waals surface area contributed by atoms with Gasteiger partial charge in [0.1, 0.15) is 23.1 Å². The maximum absolute atomic E-state index is 14.9. The Labute approximate surface area is 462 Å². The maximum atomic E-state index is 14.9. The number of nitrogens with zero attached hydrogens (tertiary/aromatic N) is 4. The van der Waals surface area contributed by atoms with Gasteiger partial charge < -0.3 is 40.9 Å². The number of rotatable bonds is 17. The predicted octanol–water partition coefficient (Wildman–Crippen LogP) is 6.11. The van der Waals surface area contributed by atoms with Crippen molar-refractivity contribution < 1.29 is 70.3 Å². The van der Waals surface area contributed by atoms with Crippen LogP contribution in [0.25, 0.3) is 21.3 Å². The zero-order chi connectivity index (χ0) is 57.2. The molecule has 7 N–H and O–H groups in total. The Bertz CT molecular complexity index is 3450. The monoisotopic (exact) mass is 1160 g/mol. The Balaban J connectivity index is 0.884. The van der Waals surface area contributed by atoms with Crippen molar-refractivity contribution in [1.29, 1.82) is 0 Å². The van der Waals surface area contributed by atoms with Gasteiger partial charge in [-0.15, -0.1) is 22.7 Å². The summed E-state index contributed by atoms with van der Waals surface area (Å²) in [6.45, 7) is 0.00130. The van der Waals surface area contributed by atoms with Crippen LogP contribution in [0.15, 0.2) is 66.0 Å². The first-order chi connectivity index (χ1) is 38.1. The molecule has 0 aliphatic carbocycles. The van der Waals surface area contributed by atoms with Crippen molar-refractivity contribution in [2.45, 2.75) is 119 Å². The highest BCUT2D eigenvalue weighted by atomic mass is 32.1. The number of benzene rings is 3. The number of halogens is 4. The molecule has 8 amide bonds. The second-order valence-corrected chi connectivity index (χ2v) is 23.6. The molecule has 0 bridgehead atoms. The molecule has 3 aromatic carbocycles. The molecule has 0 radical (unpaired) electrons. The van der Waals surface area contributed by atoms with Gasteiger partial charge in [0, 0.05) is 83.7 Å². The molecular weight excluding hydrogens is 1110 g/mol. The smallest absolute Gasteiger partial charge is 0.370 e. The second-order valence-electron chi connectivity index (χ2n) is 20.0. The lowest BCUT2D eigenvalue weighted by atomic mass is 10.0. The largest absolute Gasteiger partial charge is 0.399 e. The third-order valence-corrected chi connectivity index (χ3v) is 17.7. The Morgan fingerprint density at radius 1 is 0.950 bits per heavy atom. The van der Waals surface area contributed by atoms with Gasteiger partial charge in [-0.25, -0.2) is 13.8 Å². The molecule has 2 aromatic heterocycles. The topological polar surface area (TPSA) is 279 Å². The van der Waals surface area contributed by atoms with Gasteiger partial charge in [-0.1, -0.05) is 30.4 Å². The van der Waals surface area contributed by atoms with Gasteiger partial charge in [-0.05, 0) is 104 Å².